The number of aryl methyl sites for hydroxylation is 2. The van der Waals surface area contributed by atoms with Crippen LogP contribution in [0.25, 0.3) is 5.78 Å². The van der Waals surface area contributed by atoms with Gasteiger partial charge in [0.2, 0.25) is 5.91 Å². The molecule has 4 rings (SSSR count). The van der Waals surface area contributed by atoms with Crippen molar-refractivity contribution in [3.8, 4) is 0 Å². The number of hydrogen-bond acceptors (Lipinski definition) is 6. The maximum Gasteiger partial charge on any atom is 0.252 e. The standard InChI is InChI=1S/C18H21N7O/c1-13-16(14(2)25-18(22-13)20-12-21-25)11-17(26)24-9-7-23(8-10-24)15-3-5-19-6-4-15/h3-6,12H,7-11H2,1-2H3. The van der Waals surface area contributed by atoms with Crippen LogP contribution in [0.2, 0.25) is 0 Å². The highest BCUT2D eigenvalue weighted by Gasteiger charge is 2.23. The van der Waals surface area contributed by atoms with E-state index < -0.39 is 0 Å². The zero-order valence-electron chi connectivity index (χ0n) is 15.0. The van der Waals surface area contributed by atoms with E-state index in [1.807, 2.05) is 30.9 Å². The van der Waals surface area contributed by atoms with Gasteiger partial charge in [0.1, 0.15) is 6.33 Å². The number of carbonyl (C=O) groups is 1. The fourth-order valence-corrected chi connectivity index (χ4v) is 3.44. The Kier molecular flexibility index (Phi) is 4.24. The molecule has 1 saturated heterocycles. The van der Waals surface area contributed by atoms with Crippen LogP contribution in [0.1, 0.15) is 17.0 Å². The first-order chi connectivity index (χ1) is 12.6. The van der Waals surface area contributed by atoms with E-state index in [1.54, 1.807) is 16.9 Å². The summed E-state index contributed by atoms with van der Waals surface area (Å²) < 4.78 is 1.69. The van der Waals surface area contributed by atoms with E-state index in [9.17, 15) is 4.79 Å². The highest BCUT2D eigenvalue weighted by atomic mass is 16.2. The minimum Gasteiger partial charge on any atom is -0.368 e. The molecule has 134 valence electrons. The first-order valence-electron chi connectivity index (χ1n) is 8.72. The van der Waals surface area contributed by atoms with E-state index in [0.717, 1.165) is 48.8 Å². The maximum atomic E-state index is 12.8. The van der Waals surface area contributed by atoms with Crippen molar-refractivity contribution in [2.75, 3.05) is 31.1 Å². The first kappa shape index (κ1) is 16.4. The number of nitrogens with zero attached hydrogens (tertiary/aromatic N) is 7. The number of pyridine rings is 1. The number of rotatable bonds is 3. The van der Waals surface area contributed by atoms with Crippen molar-refractivity contribution in [3.05, 3.63) is 47.8 Å². The van der Waals surface area contributed by atoms with Crippen LogP contribution in [-0.2, 0) is 11.2 Å². The third-order valence-corrected chi connectivity index (χ3v) is 4.98. The Morgan fingerprint density at radius 3 is 2.58 bits per heavy atom. The van der Waals surface area contributed by atoms with Crippen molar-refractivity contribution in [1.82, 2.24) is 29.5 Å². The van der Waals surface area contributed by atoms with Gasteiger partial charge in [0, 0.05) is 61.2 Å². The predicted molar refractivity (Wildman–Crippen MR) is 97.0 cm³/mol. The number of fused-ring (bicyclic) bond motifs is 1. The molecule has 0 radical (unpaired) electrons. The fourth-order valence-electron chi connectivity index (χ4n) is 3.44. The van der Waals surface area contributed by atoms with Gasteiger partial charge in [0.05, 0.1) is 6.42 Å². The molecule has 26 heavy (non-hydrogen) atoms. The van der Waals surface area contributed by atoms with Crippen LogP contribution in [-0.4, -0.2) is 61.6 Å². The molecule has 0 saturated carbocycles. The van der Waals surface area contributed by atoms with Crippen LogP contribution in [0.5, 0.6) is 0 Å². The Hall–Kier alpha value is -3.03. The molecule has 0 spiro atoms. The molecule has 1 fully saturated rings. The molecule has 3 aromatic rings. The number of piperazine rings is 1. The van der Waals surface area contributed by atoms with Crippen molar-refractivity contribution in [2.45, 2.75) is 20.3 Å². The van der Waals surface area contributed by atoms with E-state index in [4.69, 9.17) is 0 Å². The van der Waals surface area contributed by atoms with Gasteiger partial charge in [0.15, 0.2) is 0 Å². The van der Waals surface area contributed by atoms with Crippen molar-refractivity contribution < 1.29 is 4.79 Å². The molecule has 4 heterocycles. The number of anilines is 1. The second-order valence-electron chi connectivity index (χ2n) is 6.48. The van der Waals surface area contributed by atoms with E-state index in [1.165, 1.54) is 6.33 Å². The SMILES string of the molecule is Cc1nc2ncnn2c(C)c1CC(=O)N1CCN(c2ccncc2)CC1. The second kappa shape index (κ2) is 6.70. The van der Waals surface area contributed by atoms with Gasteiger partial charge in [-0.2, -0.15) is 10.1 Å². The largest absolute Gasteiger partial charge is 0.368 e. The predicted octanol–water partition coefficient (Wildman–Crippen LogP) is 1.03. The average Bonchev–Trinajstić information content (AvgIpc) is 3.14. The smallest absolute Gasteiger partial charge is 0.252 e. The quantitative estimate of drug-likeness (QED) is 0.701. The van der Waals surface area contributed by atoms with E-state index >= 15 is 0 Å². The van der Waals surface area contributed by atoms with Crippen LogP contribution in [0, 0.1) is 13.8 Å². The number of carbonyl (C=O) groups excluding carboxylic acids is 1. The Labute approximate surface area is 151 Å². The molecule has 1 amide bonds. The molecule has 0 bridgehead atoms. The van der Waals surface area contributed by atoms with E-state index in [-0.39, 0.29) is 5.91 Å². The Bertz CT molecular complexity index is 929. The molecule has 8 nitrogen and oxygen atoms in total. The van der Waals surface area contributed by atoms with Gasteiger partial charge in [-0.05, 0) is 26.0 Å². The van der Waals surface area contributed by atoms with Crippen LogP contribution in [0.15, 0.2) is 30.9 Å². The zero-order valence-corrected chi connectivity index (χ0v) is 15.0. The summed E-state index contributed by atoms with van der Waals surface area (Å²) in [6, 6.07) is 4.01. The molecule has 1 aliphatic heterocycles. The second-order valence-corrected chi connectivity index (χ2v) is 6.48. The number of amides is 1. The normalized spacial score (nSPS) is 14.8. The monoisotopic (exact) mass is 351 g/mol. The Balaban J connectivity index is 1.45. The molecule has 0 unspecified atom stereocenters. The summed E-state index contributed by atoms with van der Waals surface area (Å²) in [5.74, 6) is 0.703. The van der Waals surface area contributed by atoms with E-state index in [2.05, 4.69) is 25.0 Å². The van der Waals surface area contributed by atoms with Gasteiger partial charge in [-0.3, -0.25) is 9.78 Å². The number of hydrogen-bond donors (Lipinski definition) is 0. The van der Waals surface area contributed by atoms with Crippen molar-refractivity contribution in [3.63, 3.8) is 0 Å². The molecule has 0 aliphatic carbocycles. The lowest BCUT2D eigenvalue weighted by Gasteiger charge is -2.36. The van der Waals surface area contributed by atoms with Gasteiger partial charge in [0.25, 0.3) is 5.78 Å². The molecule has 8 heteroatoms. The highest BCUT2D eigenvalue weighted by molar-refractivity contribution is 5.79. The molecule has 0 atom stereocenters. The van der Waals surface area contributed by atoms with Crippen LogP contribution < -0.4 is 4.90 Å². The Morgan fingerprint density at radius 1 is 1.12 bits per heavy atom. The molecule has 1 aliphatic rings. The van der Waals surface area contributed by atoms with Crippen LogP contribution in [0.3, 0.4) is 0 Å². The molecule has 0 N–H and O–H groups in total. The van der Waals surface area contributed by atoms with Gasteiger partial charge in [-0.15, -0.1) is 0 Å². The van der Waals surface area contributed by atoms with Gasteiger partial charge in [-0.25, -0.2) is 9.50 Å². The summed E-state index contributed by atoms with van der Waals surface area (Å²) in [4.78, 5) is 29.7. The fraction of sp³-hybridized carbons (Fsp3) is 0.389. The summed E-state index contributed by atoms with van der Waals surface area (Å²) in [6.07, 6.45) is 5.42. The Morgan fingerprint density at radius 2 is 1.85 bits per heavy atom. The van der Waals surface area contributed by atoms with Crippen molar-refractivity contribution >= 4 is 17.4 Å². The molecular weight excluding hydrogens is 330 g/mol. The topological polar surface area (TPSA) is 79.5 Å². The summed E-state index contributed by atoms with van der Waals surface area (Å²) in [5.41, 5.74) is 3.85. The van der Waals surface area contributed by atoms with Crippen molar-refractivity contribution in [1.29, 1.82) is 0 Å². The summed E-state index contributed by atoms with van der Waals surface area (Å²) in [5, 5.41) is 4.19. The first-order valence-corrected chi connectivity index (χ1v) is 8.72. The lowest BCUT2D eigenvalue weighted by atomic mass is 10.1. The molecule has 0 aromatic carbocycles. The maximum absolute atomic E-state index is 12.8. The van der Waals surface area contributed by atoms with Crippen LogP contribution in [0.4, 0.5) is 5.69 Å². The minimum absolute atomic E-state index is 0.131. The average molecular weight is 351 g/mol. The molecule has 3 aromatic heterocycles. The number of aromatic nitrogens is 5. The third-order valence-electron chi connectivity index (χ3n) is 4.98. The van der Waals surface area contributed by atoms with E-state index in [0.29, 0.717) is 12.2 Å². The molecular formula is C18H21N7O. The third kappa shape index (κ3) is 2.98. The minimum atomic E-state index is 0.131. The van der Waals surface area contributed by atoms with Gasteiger partial charge in [-0.1, -0.05) is 0 Å². The van der Waals surface area contributed by atoms with Gasteiger partial charge < -0.3 is 9.80 Å². The lowest BCUT2D eigenvalue weighted by molar-refractivity contribution is -0.130. The zero-order chi connectivity index (χ0) is 18.1. The highest BCUT2D eigenvalue weighted by Crippen LogP contribution is 2.17. The summed E-state index contributed by atoms with van der Waals surface area (Å²) in [6.45, 7) is 6.98. The van der Waals surface area contributed by atoms with Crippen LogP contribution >= 0.6 is 0 Å². The summed E-state index contributed by atoms with van der Waals surface area (Å²) in [7, 11) is 0. The van der Waals surface area contributed by atoms with Crippen molar-refractivity contribution in [2.24, 2.45) is 0 Å². The van der Waals surface area contributed by atoms with Gasteiger partial charge >= 0.3 is 0 Å². The lowest BCUT2D eigenvalue weighted by Crippen LogP contribution is -2.49. The summed E-state index contributed by atoms with van der Waals surface area (Å²) >= 11 is 0.